The molecule has 1 aliphatic heterocycles. The molecule has 0 amide bonds. The second-order valence-electron chi connectivity index (χ2n) is 5.09. The Balaban J connectivity index is 1.56. The van der Waals surface area contributed by atoms with Crippen LogP contribution in [-0.2, 0) is 4.74 Å². The Morgan fingerprint density at radius 3 is 2.10 bits per heavy atom. The van der Waals surface area contributed by atoms with Crippen molar-refractivity contribution < 1.29 is 14.6 Å². The predicted molar refractivity (Wildman–Crippen MR) is 83.3 cm³/mol. The Labute approximate surface area is 124 Å². The molecule has 0 aromatic heterocycles. The average Bonchev–Trinajstić information content (AvgIpc) is 2.46. The van der Waals surface area contributed by atoms with Crippen molar-refractivity contribution in [1.29, 1.82) is 0 Å². The van der Waals surface area contributed by atoms with Crippen molar-refractivity contribution in [2.24, 2.45) is 0 Å². The summed E-state index contributed by atoms with van der Waals surface area (Å²) in [6.07, 6.45) is 5.40. The quantitative estimate of drug-likeness (QED) is 0.849. The molecule has 3 rings (SSSR count). The number of phenolic OH excluding ortho intramolecular Hbond substituents is 1. The highest BCUT2D eigenvalue weighted by Gasteiger charge is 2.18. The van der Waals surface area contributed by atoms with Crippen LogP contribution >= 0.6 is 0 Å². The molecule has 0 spiro atoms. The van der Waals surface area contributed by atoms with Crippen LogP contribution in [0.3, 0.4) is 0 Å². The van der Waals surface area contributed by atoms with Crippen LogP contribution in [0.4, 0.5) is 0 Å². The van der Waals surface area contributed by atoms with Gasteiger partial charge in [0.05, 0.1) is 6.10 Å². The first-order valence-corrected chi connectivity index (χ1v) is 7.11. The molecule has 1 aliphatic rings. The van der Waals surface area contributed by atoms with E-state index in [1.165, 1.54) is 0 Å². The minimum absolute atomic E-state index is 0.263. The Kier molecular flexibility index (Phi) is 4.22. The molecular weight excluding hydrogens is 264 g/mol. The molecule has 0 radical (unpaired) electrons. The summed E-state index contributed by atoms with van der Waals surface area (Å²) in [6.45, 7) is 1.48. The zero-order chi connectivity index (χ0) is 14.5. The predicted octanol–water partition coefficient (Wildman–Crippen LogP) is 3.73. The van der Waals surface area contributed by atoms with E-state index in [0.717, 1.165) is 29.9 Å². The molecule has 2 aromatic rings. The maximum atomic E-state index is 9.24. The van der Waals surface area contributed by atoms with E-state index >= 15 is 0 Å². The van der Waals surface area contributed by atoms with Gasteiger partial charge in [0, 0.05) is 13.0 Å². The van der Waals surface area contributed by atoms with E-state index in [0.29, 0.717) is 6.61 Å². The summed E-state index contributed by atoms with van der Waals surface area (Å²) in [5, 5.41) is 9.24. The average molecular weight is 282 g/mol. The molecule has 3 heteroatoms. The van der Waals surface area contributed by atoms with Gasteiger partial charge in [0.2, 0.25) is 0 Å². The number of hydrogen-bond donors (Lipinski definition) is 1. The monoisotopic (exact) mass is 282 g/mol. The SMILES string of the molecule is Oc1ccc(C=Cc2ccc(OCC3CCO3)cc2)cc1. The Morgan fingerprint density at radius 1 is 1.00 bits per heavy atom. The van der Waals surface area contributed by atoms with Crippen molar-refractivity contribution in [3.05, 3.63) is 59.7 Å². The van der Waals surface area contributed by atoms with Gasteiger partial charge in [-0.1, -0.05) is 36.4 Å². The minimum atomic E-state index is 0.263. The van der Waals surface area contributed by atoms with Crippen LogP contribution in [0.2, 0.25) is 0 Å². The van der Waals surface area contributed by atoms with Crippen molar-refractivity contribution in [1.82, 2.24) is 0 Å². The molecule has 1 heterocycles. The molecule has 0 saturated carbocycles. The maximum absolute atomic E-state index is 9.24. The van der Waals surface area contributed by atoms with Crippen LogP contribution in [-0.4, -0.2) is 24.4 Å². The van der Waals surface area contributed by atoms with Gasteiger partial charge in [-0.3, -0.25) is 0 Å². The second kappa shape index (κ2) is 6.46. The van der Waals surface area contributed by atoms with Crippen LogP contribution < -0.4 is 4.74 Å². The summed E-state index contributed by atoms with van der Waals surface area (Å²) in [5.74, 6) is 1.15. The molecular formula is C18H18O3. The van der Waals surface area contributed by atoms with E-state index < -0.39 is 0 Å². The molecule has 2 aromatic carbocycles. The molecule has 1 fully saturated rings. The van der Waals surface area contributed by atoms with Gasteiger partial charge in [-0.15, -0.1) is 0 Å². The number of aromatic hydroxyl groups is 1. The molecule has 0 aliphatic carbocycles. The van der Waals surface area contributed by atoms with E-state index in [4.69, 9.17) is 9.47 Å². The van der Waals surface area contributed by atoms with Gasteiger partial charge >= 0.3 is 0 Å². The highest BCUT2D eigenvalue weighted by atomic mass is 16.5. The largest absolute Gasteiger partial charge is 0.508 e. The lowest BCUT2D eigenvalue weighted by Crippen LogP contribution is -2.32. The minimum Gasteiger partial charge on any atom is -0.508 e. The lowest BCUT2D eigenvalue weighted by molar-refractivity contribution is -0.0720. The van der Waals surface area contributed by atoms with Gasteiger partial charge in [0.15, 0.2) is 0 Å². The molecule has 1 N–H and O–H groups in total. The number of phenols is 1. The normalized spacial score (nSPS) is 17.6. The zero-order valence-electron chi connectivity index (χ0n) is 11.7. The fourth-order valence-electron chi connectivity index (χ4n) is 2.06. The second-order valence-corrected chi connectivity index (χ2v) is 5.09. The van der Waals surface area contributed by atoms with E-state index in [1.54, 1.807) is 12.1 Å². The van der Waals surface area contributed by atoms with Gasteiger partial charge in [0.1, 0.15) is 18.1 Å². The van der Waals surface area contributed by atoms with Crippen molar-refractivity contribution in [3.8, 4) is 11.5 Å². The van der Waals surface area contributed by atoms with Crippen LogP contribution in [0, 0.1) is 0 Å². The van der Waals surface area contributed by atoms with E-state index in [-0.39, 0.29) is 11.9 Å². The highest BCUT2D eigenvalue weighted by molar-refractivity contribution is 5.70. The first-order chi connectivity index (χ1) is 10.3. The Hall–Kier alpha value is -2.26. The molecule has 3 nitrogen and oxygen atoms in total. The highest BCUT2D eigenvalue weighted by Crippen LogP contribution is 2.18. The van der Waals surface area contributed by atoms with Crippen LogP contribution in [0.1, 0.15) is 17.5 Å². The fraction of sp³-hybridized carbons (Fsp3) is 0.222. The Bertz CT molecular complexity index is 595. The van der Waals surface area contributed by atoms with Crippen molar-refractivity contribution >= 4 is 12.2 Å². The molecule has 108 valence electrons. The lowest BCUT2D eigenvalue weighted by atomic mass is 10.1. The third-order valence-corrected chi connectivity index (χ3v) is 3.47. The molecule has 1 saturated heterocycles. The molecule has 1 atom stereocenters. The summed E-state index contributed by atoms with van der Waals surface area (Å²) in [4.78, 5) is 0. The smallest absolute Gasteiger partial charge is 0.119 e. The maximum Gasteiger partial charge on any atom is 0.119 e. The Morgan fingerprint density at radius 2 is 1.57 bits per heavy atom. The molecule has 1 unspecified atom stereocenters. The van der Waals surface area contributed by atoms with E-state index in [2.05, 4.69) is 0 Å². The van der Waals surface area contributed by atoms with Gasteiger partial charge in [-0.2, -0.15) is 0 Å². The first kappa shape index (κ1) is 13.7. The zero-order valence-corrected chi connectivity index (χ0v) is 11.7. The lowest BCUT2D eigenvalue weighted by Gasteiger charge is -2.26. The fourth-order valence-corrected chi connectivity index (χ4v) is 2.06. The van der Waals surface area contributed by atoms with Crippen molar-refractivity contribution in [2.45, 2.75) is 12.5 Å². The third kappa shape index (κ3) is 3.86. The summed E-state index contributed by atoms with van der Waals surface area (Å²) in [7, 11) is 0. The van der Waals surface area contributed by atoms with Crippen LogP contribution in [0.25, 0.3) is 12.2 Å². The number of benzene rings is 2. The summed E-state index contributed by atoms with van der Waals surface area (Å²) in [5.41, 5.74) is 2.16. The van der Waals surface area contributed by atoms with Crippen molar-refractivity contribution in [2.75, 3.05) is 13.2 Å². The van der Waals surface area contributed by atoms with Gasteiger partial charge in [0.25, 0.3) is 0 Å². The third-order valence-electron chi connectivity index (χ3n) is 3.47. The molecule has 0 bridgehead atoms. The van der Waals surface area contributed by atoms with Gasteiger partial charge < -0.3 is 14.6 Å². The molecule has 21 heavy (non-hydrogen) atoms. The number of hydrogen-bond acceptors (Lipinski definition) is 3. The number of rotatable bonds is 5. The summed E-state index contributed by atoms with van der Waals surface area (Å²) >= 11 is 0. The van der Waals surface area contributed by atoms with E-state index in [1.807, 2.05) is 48.6 Å². The summed E-state index contributed by atoms with van der Waals surface area (Å²) in [6, 6.07) is 15.1. The van der Waals surface area contributed by atoms with E-state index in [9.17, 15) is 5.11 Å². The van der Waals surface area contributed by atoms with Crippen LogP contribution in [0.5, 0.6) is 11.5 Å². The van der Waals surface area contributed by atoms with Crippen molar-refractivity contribution in [3.63, 3.8) is 0 Å². The first-order valence-electron chi connectivity index (χ1n) is 7.11. The summed E-state index contributed by atoms with van der Waals surface area (Å²) < 4.78 is 11.0. The number of ether oxygens (including phenoxy) is 2. The topological polar surface area (TPSA) is 38.7 Å². The standard InChI is InChI=1S/C18H18O3/c19-16-7-3-14(4-8-16)1-2-15-5-9-17(10-6-15)21-13-18-11-12-20-18/h1-10,18-19H,11-13H2. The van der Waals surface area contributed by atoms with Gasteiger partial charge in [-0.25, -0.2) is 0 Å². The van der Waals surface area contributed by atoms with Gasteiger partial charge in [-0.05, 0) is 35.4 Å². The van der Waals surface area contributed by atoms with Crippen LogP contribution in [0.15, 0.2) is 48.5 Å².